The third-order valence-electron chi connectivity index (χ3n) is 3.89. The van der Waals surface area contributed by atoms with Crippen molar-refractivity contribution < 1.29 is 9.47 Å². The molecule has 1 aliphatic heterocycles. The predicted molar refractivity (Wildman–Crippen MR) is 84.4 cm³/mol. The van der Waals surface area contributed by atoms with E-state index >= 15 is 0 Å². The van der Waals surface area contributed by atoms with Gasteiger partial charge in [0.1, 0.15) is 17.6 Å². The van der Waals surface area contributed by atoms with Gasteiger partial charge in [-0.05, 0) is 36.4 Å². The first-order chi connectivity index (χ1) is 10.2. The first-order valence-electron chi connectivity index (χ1n) is 6.98. The highest BCUT2D eigenvalue weighted by atomic mass is 35.5. The fourth-order valence-corrected chi connectivity index (χ4v) is 3.03. The standard InChI is InChI=1S/C17H18ClNO2/c1-19-17(12-7-8-13(18)15(10-12)20-2)16-9-11-5-3-4-6-14(11)21-16/h3-8,10,16-17,19H,9H2,1-2H3. The molecule has 0 amide bonds. The van der Waals surface area contributed by atoms with E-state index in [-0.39, 0.29) is 12.1 Å². The number of nitrogens with one attached hydrogen (secondary N) is 1. The van der Waals surface area contributed by atoms with E-state index in [9.17, 15) is 0 Å². The molecule has 4 heteroatoms. The lowest BCUT2D eigenvalue weighted by molar-refractivity contribution is 0.183. The largest absolute Gasteiger partial charge is 0.495 e. The Balaban J connectivity index is 1.87. The molecule has 1 N–H and O–H groups in total. The number of fused-ring (bicyclic) bond motifs is 1. The van der Waals surface area contributed by atoms with Crippen LogP contribution in [-0.2, 0) is 6.42 Å². The van der Waals surface area contributed by atoms with Crippen molar-refractivity contribution in [1.82, 2.24) is 5.32 Å². The Morgan fingerprint density at radius 2 is 2.10 bits per heavy atom. The van der Waals surface area contributed by atoms with Crippen LogP contribution in [-0.4, -0.2) is 20.3 Å². The van der Waals surface area contributed by atoms with Crippen LogP contribution in [0.15, 0.2) is 42.5 Å². The van der Waals surface area contributed by atoms with Crippen molar-refractivity contribution in [2.75, 3.05) is 14.2 Å². The Labute approximate surface area is 129 Å². The van der Waals surface area contributed by atoms with Crippen LogP contribution in [0.2, 0.25) is 5.02 Å². The van der Waals surface area contributed by atoms with Gasteiger partial charge in [-0.15, -0.1) is 0 Å². The predicted octanol–water partition coefficient (Wildman–Crippen LogP) is 3.61. The lowest BCUT2D eigenvalue weighted by Crippen LogP contribution is -2.32. The van der Waals surface area contributed by atoms with Crippen LogP contribution in [0.25, 0.3) is 0 Å². The van der Waals surface area contributed by atoms with Gasteiger partial charge in [-0.1, -0.05) is 35.9 Å². The first-order valence-corrected chi connectivity index (χ1v) is 7.36. The maximum absolute atomic E-state index is 6.10. The fraction of sp³-hybridized carbons (Fsp3) is 0.294. The van der Waals surface area contributed by atoms with Crippen molar-refractivity contribution >= 4 is 11.6 Å². The molecule has 110 valence electrons. The lowest BCUT2D eigenvalue weighted by atomic mass is 9.97. The molecule has 2 unspecified atom stereocenters. The summed E-state index contributed by atoms with van der Waals surface area (Å²) in [7, 11) is 3.57. The molecule has 21 heavy (non-hydrogen) atoms. The summed E-state index contributed by atoms with van der Waals surface area (Å²) in [6, 6.07) is 14.1. The second kappa shape index (κ2) is 5.96. The molecule has 2 atom stereocenters. The number of benzene rings is 2. The molecule has 2 aromatic carbocycles. The van der Waals surface area contributed by atoms with E-state index in [1.807, 2.05) is 43.4 Å². The smallest absolute Gasteiger partial charge is 0.137 e. The normalized spacial score (nSPS) is 18.0. The summed E-state index contributed by atoms with van der Waals surface area (Å²) in [6.07, 6.45) is 0.963. The van der Waals surface area contributed by atoms with Crippen molar-refractivity contribution in [2.24, 2.45) is 0 Å². The minimum absolute atomic E-state index is 0.0679. The molecule has 0 radical (unpaired) electrons. The number of rotatable bonds is 4. The second-order valence-corrected chi connectivity index (χ2v) is 5.54. The van der Waals surface area contributed by atoms with Crippen molar-refractivity contribution in [3.8, 4) is 11.5 Å². The van der Waals surface area contributed by atoms with Crippen molar-refractivity contribution in [3.63, 3.8) is 0 Å². The summed E-state index contributed by atoms with van der Waals surface area (Å²) in [5.41, 5.74) is 2.36. The number of hydrogen-bond donors (Lipinski definition) is 1. The zero-order chi connectivity index (χ0) is 14.8. The van der Waals surface area contributed by atoms with Crippen LogP contribution in [0.4, 0.5) is 0 Å². The molecule has 0 spiro atoms. The Bertz CT molecular complexity index is 619. The molecule has 0 bridgehead atoms. The summed E-state index contributed by atoms with van der Waals surface area (Å²) in [5, 5.41) is 3.96. The lowest BCUT2D eigenvalue weighted by Gasteiger charge is -2.24. The molecule has 0 aromatic heterocycles. The molecule has 3 rings (SSSR count). The first kappa shape index (κ1) is 14.2. The van der Waals surface area contributed by atoms with Crippen LogP contribution in [0.5, 0.6) is 11.5 Å². The SMILES string of the molecule is CNC(c1ccc(Cl)c(OC)c1)C1Cc2ccccc2O1. The molecule has 0 fully saturated rings. The molecule has 0 aliphatic carbocycles. The molecule has 1 aliphatic rings. The summed E-state index contributed by atoms with van der Waals surface area (Å²) < 4.78 is 11.4. The molecule has 3 nitrogen and oxygen atoms in total. The van der Waals surface area contributed by atoms with Crippen molar-refractivity contribution in [2.45, 2.75) is 18.6 Å². The van der Waals surface area contributed by atoms with Crippen LogP contribution < -0.4 is 14.8 Å². The van der Waals surface area contributed by atoms with E-state index in [0.29, 0.717) is 10.8 Å². The van der Waals surface area contributed by atoms with E-state index in [2.05, 4.69) is 11.4 Å². The van der Waals surface area contributed by atoms with Gasteiger partial charge >= 0.3 is 0 Å². The average molecular weight is 304 g/mol. The van der Waals surface area contributed by atoms with Gasteiger partial charge in [0.15, 0.2) is 0 Å². The third-order valence-corrected chi connectivity index (χ3v) is 4.20. The minimum atomic E-state index is 0.0679. The minimum Gasteiger partial charge on any atom is -0.495 e. The van der Waals surface area contributed by atoms with E-state index in [4.69, 9.17) is 21.1 Å². The van der Waals surface area contributed by atoms with Crippen LogP contribution in [0.1, 0.15) is 17.2 Å². The molecule has 2 aromatic rings. The van der Waals surface area contributed by atoms with Crippen LogP contribution in [0.3, 0.4) is 0 Å². The number of hydrogen-bond acceptors (Lipinski definition) is 3. The van der Waals surface area contributed by atoms with Gasteiger partial charge in [-0.25, -0.2) is 0 Å². The topological polar surface area (TPSA) is 30.5 Å². The van der Waals surface area contributed by atoms with Crippen LogP contribution >= 0.6 is 11.6 Å². The average Bonchev–Trinajstić information content (AvgIpc) is 2.93. The number of likely N-dealkylation sites (N-methyl/N-ethyl adjacent to an activating group) is 1. The fourth-order valence-electron chi connectivity index (χ4n) is 2.83. The zero-order valence-electron chi connectivity index (χ0n) is 12.1. The molecule has 1 heterocycles. The van der Waals surface area contributed by atoms with Gasteiger partial charge < -0.3 is 14.8 Å². The Morgan fingerprint density at radius 1 is 1.29 bits per heavy atom. The maximum atomic E-state index is 6.10. The Morgan fingerprint density at radius 3 is 2.81 bits per heavy atom. The summed E-state index contributed by atoms with van der Waals surface area (Å²) >= 11 is 6.10. The highest BCUT2D eigenvalue weighted by Crippen LogP contribution is 2.35. The Kier molecular flexibility index (Phi) is 4.04. The number of para-hydroxylation sites is 1. The monoisotopic (exact) mass is 303 g/mol. The highest BCUT2D eigenvalue weighted by molar-refractivity contribution is 6.32. The molecule has 0 saturated heterocycles. The van der Waals surface area contributed by atoms with Gasteiger partial charge in [-0.3, -0.25) is 0 Å². The molecule has 0 saturated carbocycles. The quantitative estimate of drug-likeness (QED) is 0.936. The van der Waals surface area contributed by atoms with Crippen molar-refractivity contribution in [1.29, 1.82) is 0 Å². The van der Waals surface area contributed by atoms with Gasteiger partial charge in [0.05, 0.1) is 18.2 Å². The number of ether oxygens (including phenoxy) is 2. The van der Waals surface area contributed by atoms with Crippen molar-refractivity contribution in [3.05, 3.63) is 58.6 Å². The Hall–Kier alpha value is -1.71. The van der Waals surface area contributed by atoms with E-state index < -0.39 is 0 Å². The summed E-state index contributed by atoms with van der Waals surface area (Å²) in [6.45, 7) is 0. The second-order valence-electron chi connectivity index (χ2n) is 5.13. The zero-order valence-corrected chi connectivity index (χ0v) is 12.9. The summed E-state index contributed by atoms with van der Waals surface area (Å²) in [5.74, 6) is 1.66. The van der Waals surface area contributed by atoms with E-state index in [1.165, 1.54) is 5.56 Å². The van der Waals surface area contributed by atoms with E-state index in [1.54, 1.807) is 7.11 Å². The summed E-state index contributed by atoms with van der Waals surface area (Å²) in [4.78, 5) is 0. The maximum Gasteiger partial charge on any atom is 0.137 e. The van der Waals surface area contributed by atoms with E-state index in [0.717, 1.165) is 17.7 Å². The number of methoxy groups -OCH3 is 1. The highest BCUT2D eigenvalue weighted by Gasteiger charge is 2.30. The van der Waals surface area contributed by atoms with Gasteiger partial charge in [0.25, 0.3) is 0 Å². The third kappa shape index (κ3) is 2.71. The molecular weight excluding hydrogens is 286 g/mol. The van der Waals surface area contributed by atoms with Crippen LogP contribution in [0, 0.1) is 0 Å². The molecular formula is C17H18ClNO2. The van der Waals surface area contributed by atoms with Gasteiger partial charge in [-0.2, -0.15) is 0 Å². The van der Waals surface area contributed by atoms with Gasteiger partial charge in [0.2, 0.25) is 0 Å². The van der Waals surface area contributed by atoms with Gasteiger partial charge in [0, 0.05) is 6.42 Å². The number of halogens is 1.